The van der Waals surface area contributed by atoms with E-state index >= 15 is 0 Å². The van der Waals surface area contributed by atoms with Crippen LogP contribution in [-0.2, 0) is 11.3 Å². The fourth-order valence-electron chi connectivity index (χ4n) is 4.14. The molecule has 0 radical (unpaired) electrons. The Bertz CT molecular complexity index is 912. The molecule has 25 heavy (non-hydrogen) atoms. The number of nitrogens with two attached hydrogens (primary N) is 3. The number of hydrogen-bond acceptors (Lipinski definition) is 6. The van der Waals surface area contributed by atoms with Gasteiger partial charge in [0.1, 0.15) is 0 Å². The van der Waals surface area contributed by atoms with E-state index in [0.29, 0.717) is 19.6 Å². The molecule has 1 aliphatic carbocycles. The van der Waals surface area contributed by atoms with Gasteiger partial charge in [-0.1, -0.05) is 23.3 Å². The molecule has 4 rings (SSSR count). The van der Waals surface area contributed by atoms with Crippen molar-refractivity contribution in [3.05, 3.63) is 52.0 Å². The molecule has 0 spiro atoms. The summed E-state index contributed by atoms with van der Waals surface area (Å²) in [6.07, 6.45) is 4.64. The van der Waals surface area contributed by atoms with Crippen molar-refractivity contribution in [2.75, 3.05) is 25.7 Å². The molecule has 2 heterocycles. The third-order valence-corrected chi connectivity index (χ3v) is 5.18. The maximum absolute atomic E-state index is 8.74. The second kappa shape index (κ2) is 5.76. The zero-order chi connectivity index (χ0) is 17.6. The van der Waals surface area contributed by atoms with Crippen LogP contribution in [0.3, 0.4) is 0 Å². The van der Waals surface area contributed by atoms with Crippen LogP contribution < -0.4 is 17.5 Å². The van der Waals surface area contributed by atoms with E-state index in [1.165, 1.54) is 0 Å². The Morgan fingerprint density at radius 1 is 1.44 bits per heavy atom. The number of benzene rings is 1. The van der Waals surface area contributed by atoms with Gasteiger partial charge < -0.3 is 16.4 Å². The lowest BCUT2D eigenvalue weighted by Crippen LogP contribution is -2.62. The quantitative estimate of drug-likeness (QED) is 0.250. The topological polar surface area (TPSA) is 144 Å². The van der Waals surface area contributed by atoms with E-state index < -0.39 is 5.66 Å². The summed E-state index contributed by atoms with van der Waals surface area (Å²) in [6.45, 7) is 1.15. The van der Waals surface area contributed by atoms with Crippen LogP contribution in [0, 0.1) is 5.92 Å². The highest BCUT2D eigenvalue weighted by Gasteiger charge is 2.45. The van der Waals surface area contributed by atoms with Gasteiger partial charge >= 0.3 is 0 Å². The van der Waals surface area contributed by atoms with E-state index in [2.05, 4.69) is 22.2 Å². The predicted octanol–water partition coefficient (Wildman–Crippen LogP) is 1.04. The normalized spacial score (nSPS) is 25.4. The van der Waals surface area contributed by atoms with E-state index in [4.69, 9.17) is 27.8 Å². The Morgan fingerprint density at radius 3 is 3.04 bits per heavy atom. The molecule has 1 aromatic carbocycles. The van der Waals surface area contributed by atoms with E-state index in [0.717, 1.165) is 27.6 Å². The van der Waals surface area contributed by atoms with Gasteiger partial charge in [0.25, 0.3) is 0 Å². The highest BCUT2D eigenvalue weighted by molar-refractivity contribution is 5.99. The lowest BCUT2D eigenvalue weighted by atomic mass is 9.75. The van der Waals surface area contributed by atoms with Crippen molar-refractivity contribution in [2.24, 2.45) is 22.7 Å². The minimum atomic E-state index is -0.762. The molecule has 0 saturated heterocycles. The first-order valence-electron chi connectivity index (χ1n) is 8.05. The summed E-state index contributed by atoms with van der Waals surface area (Å²) in [5.41, 5.74) is 18.9. The number of rotatable bonds is 4. The number of aromatic nitrogens is 1. The molecule has 0 amide bonds. The Hall–Kier alpha value is -2.55. The molecule has 130 valence electrons. The van der Waals surface area contributed by atoms with Crippen molar-refractivity contribution in [1.29, 1.82) is 0 Å². The van der Waals surface area contributed by atoms with Gasteiger partial charge in [-0.05, 0) is 28.3 Å². The van der Waals surface area contributed by atoms with Crippen LogP contribution in [0.4, 0.5) is 0 Å². The average Bonchev–Trinajstić information content (AvgIpc) is 2.91. The molecule has 2 atom stereocenters. The van der Waals surface area contributed by atoms with E-state index in [9.17, 15) is 0 Å². The fourth-order valence-corrected chi connectivity index (χ4v) is 4.14. The van der Waals surface area contributed by atoms with Crippen molar-refractivity contribution in [3.63, 3.8) is 0 Å². The average molecular weight is 340 g/mol. The van der Waals surface area contributed by atoms with E-state index in [1.54, 1.807) is 4.68 Å². The van der Waals surface area contributed by atoms with Crippen molar-refractivity contribution >= 4 is 16.5 Å². The monoisotopic (exact) mass is 340 g/mol. The van der Waals surface area contributed by atoms with Crippen LogP contribution >= 0.6 is 0 Å². The van der Waals surface area contributed by atoms with Crippen LogP contribution in [0.5, 0.6) is 0 Å². The first-order valence-corrected chi connectivity index (χ1v) is 8.05. The summed E-state index contributed by atoms with van der Waals surface area (Å²) >= 11 is 0. The van der Waals surface area contributed by atoms with Gasteiger partial charge in [-0.2, -0.15) is 0 Å². The van der Waals surface area contributed by atoms with Crippen molar-refractivity contribution < 1.29 is 4.84 Å². The van der Waals surface area contributed by atoms with Gasteiger partial charge in [-0.25, -0.2) is 5.90 Å². The maximum atomic E-state index is 8.74. The summed E-state index contributed by atoms with van der Waals surface area (Å²) in [4.78, 5) is 9.73. The molecule has 0 bridgehead atoms. The highest BCUT2D eigenvalue weighted by atomic mass is 16.6. The molecule has 2 aliphatic rings. The van der Waals surface area contributed by atoms with E-state index in [-0.39, 0.29) is 12.6 Å². The molecule has 1 aliphatic heterocycles. The molecule has 0 saturated carbocycles. The third kappa shape index (κ3) is 2.30. The SMILES string of the molecule is [N-]=[N+]=NCN1C[C@H](CON)C=C2c3cccc4c3c(cn4N)C[C@]21N. The van der Waals surface area contributed by atoms with Crippen LogP contribution in [0.25, 0.3) is 26.9 Å². The minimum Gasteiger partial charge on any atom is -0.339 e. The van der Waals surface area contributed by atoms with Crippen LogP contribution in [0.1, 0.15) is 11.1 Å². The van der Waals surface area contributed by atoms with Crippen LogP contribution in [0.2, 0.25) is 0 Å². The molecular formula is C16H20N8O. The van der Waals surface area contributed by atoms with Crippen LogP contribution in [-0.4, -0.2) is 35.1 Å². The zero-order valence-corrected chi connectivity index (χ0v) is 13.7. The maximum Gasteiger partial charge on any atom is 0.0996 e. The van der Waals surface area contributed by atoms with Gasteiger partial charge in [0, 0.05) is 35.4 Å². The Morgan fingerprint density at radius 2 is 2.28 bits per heavy atom. The van der Waals surface area contributed by atoms with Gasteiger partial charge in [0.15, 0.2) is 0 Å². The summed E-state index contributed by atoms with van der Waals surface area (Å²) in [5, 5.41) is 4.85. The zero-order valence-electron chi connectivity index (χ0n) is 13.7. The molecule has 2 aromatic rings. The number of azide groups is 1. The largest absolute Gasteiger partial charge is 0.339 e. The van der Waals surface area contributed by atoms with Gasteiger partial charge in [0.2, 0.25) is 0 Å². The van der Waals surface area contributed by atoms with Gasteiger partial charge in [0.05, 0.1) is 24.5 Å². The summed E-state index contributed by atoms with van der Waals surface area (Å²) in [6, 6.07) is 6.02. The second-order valence-electron chi connectivity index (χ2n) is 6.63. The van der Waals surface area contributed by atoms with Gasteiger partial charge in [-0.15, -0.1) is 0 Å². The van der Waals surface area contributed by atoms with Crippen molar-refractivity contribution in [1.82, 2.24) is 9.58 Å². The number of nitrogen functional groups attached to an aromatic ring is 1. The van der Waals surface area contributed by atoms with Crippen molar-refractivity contribution in [2.45, 2.75) is 12.1 Å². The predicted molar refractivity (Wildman–Crippen MR) is 95.0 cm³/mol. The second-order valence-corrected chi connectivity index (χ2v) is 6.63. The summed E-state index contributed by atoms with van der Waals surface area (Å²) in [7, 11) is 0. The third-order valence-electron chi connectivity index (χ3n) is 5.18. The fraction of sp³-hybridized carbons (Fsp3) is 0.375. The number of nitrogens with zero attached hydrogens (tertiary/aromatic N) is 5. The molecule has 0 unspecified atom stereocenters. The first-order chi connectivity index (χ1) is 12.1. The molecular weight excluding hydrogens is 320 g/mol. The standard InChI is InChI=1S/C16H20N8O/c17-16-5-11-7-24(19)14-3-1-2-12(15(11)14)13(16)4-10(8-25-20)6-23(16)9-21-22-18/h1-4,7,10H,5-6,8-9,17,19-20H2/t10-,16-/m1/s1. The van der Waals surface area contributed by atoms with Crippen LogP contribution in [0.15, 0.2) is 35.6 Å². The molecule has 0 fully saturated rings. The molecule has 1 aromatic heterocycles. The Labute approximate surface area is 144 Å². The molecule has 9 nitrogen and oxygen atoms in total. The minimum absolute atomic E-state index is 0.0577. The summed E-state index contributed by atoms with van der Waals surface area (Å²) in [5.74, 6) is 11.5. The smallest absolute Gasteiger partial charge is 0.0996 e. The molecule has 9 heteroatoms. The first kappa shape index (κ1) is 15.9. The molecule has 6 N–H and O–H groups in total. The summed E-state index contributed by atoms with van der Waals surface area (Å²) < 4.78 is 1.63. The van der Waals surface area contributed by atoms with Crippen molar-refractivity contribution in [3.8, 4) is 0 Å². The van der Waals surface area contributed by atoms with E-state index in [1.807, 2.05) is 23.2 Å². The highest BCUT2D eigenvalue weighted by Crippen LogP contribution is 2.45. The Kier molecular flexibility index (Phi) is 3.68. The Balaban J connectivity index is 1.92. The number of fused-ring (bicyclic) bond motifs is 2. The van der Waals surface area contributed by atoms with Gasteiger partial charge in [-0.3, -0.25) is 9.58 Å². The number of hydrogen-bond donors (Lipinski definition) is 3. The lowest BCUT2D eigenvalue weighted by molar-refractivity contribution is 0.0648. The lowest BCUT2D eigenvalue weighted by Gasteiger charge is -2.48.